The molecule has 0 saturated heterocycles. The van der Waals surface area contributed by atoms with Crippen LogP contribution in [0.25, 0.3) is 0 Å². The fraction of sp³-hybridized carbons (Fsp3) is 0.400. The molecule has 0 spiro atoms. The molecule has 0 aliphatic rings. The first-order valence-corrected chi connectivity index (χ1v) is 10.2. The average molecular weight is 218 g/mol. The fourth-order valence-electron chi connectivity index (χ4n) is 1.15. The van der Waals surface area contributed by atoms with Crippen molar-refractivity contribution in [1.29, 1.82) is 0 Å². The van der Waals surface area contributed by atoms with Gasteiger partial charge < -0.3 is 0 Å². The van der Waals surface area contributed by atoms with E-state index in [2.05, 4.69) is 47.5 Å². The van der Waals surface area contributed by atoms with E-state index >= 15 is 0 Å². The summed E-state index contributed by atoms with van der Waals surface area (Å²) in [6.45, 7) is 4.45. The third-order valence-electron chi connectivity index (χ3n) is 1.92. The Morgan fingerprint density at radius 2 is 1.92 bits per heavy atom. The second-order valence-electron chi connectivity index (χ2n) is 3.29. The van der Waals surface area contributed by atoms with Gasteiger partial charge in [-0.3, -0.25) is 0 Å². The third-order valence-corrected chi connectivity index (χ3v) is 6.89. The van der Waals surface area contributed by atoms with E-state index in [1.807, 2.05) is 0 Å². The van der Waals surface area contributed by atoms with E-state index in [9.17, 15) is 0 Å². The van der Waals surface area contributed by atoms with Gasteiger partial charge in [0.15, 0.2) is 0 Å². The Bertz CT molecular complexity index is 241. The molecule has 1 rings (SSSR count). The Morgan fingerprint density at radius 3 is 2.46 bits per heavy atom. The molecular formula is C10H14Si3. The van der Waals surface area contributed by atoms with Crippen molar-refractivity contribution in [3.63, 3.8) is 0 Å². The standard InChI is InChI=1S/C10H14Si3/c1-9-3-5-10(6-4-9)7-8-12-13(2)11/h3-6H,7-8H2,1-2H3. The Labute approximate surface area is 88.2 Å². The van der Waals surface area contributed by atoms with Crippen LogP contribution in [-0.4, -0.2) is 26.6 Å². The Hall–Kier alpha value is -0.129. The highest BCUT2D eigenvalue weighted by Crippen LogP contribution is 2.05. The summed E-state index contributed by atoms with van der Waals surface area (Å²) in [5, 5.41) is 0. The minimum atomic E-state index is -0.179. The van der Waals surface area contributed by atoms with Crippen LogP contribution in [0, 0.1) is 6.92 Å². The largest absolute Gasteiger partial charge is 0.0761 e. The van der Waals surface area contributed by atoms with Crippen molar-refractivity contribution in [2.75, 3.05) is 0 Å². The quantitative estimate of drug-likeness (QED) is 0.678. The zero-order chi connectivity index (χ0) is 9.68. The molecule has 0 nitrogen and oxygen atoms in total. The molecule has 1 aromatic rings. The van der Waals surface area contributed by atoms with Crippen LogP contribution in [0.1, 0.15) is 11.1 Å². The number of benzene rings is 1. The van der Waals surface area contributed by atoms with Crippen molar-refractivity contribution < 1.29 is 0 Å². The Balaban J connectivity index is 2.33. The summed E-state index contributed by atoms with van der Waals surface area (Å²) in [5.74, 6) is 0. The van der Waals surface area contributed by atoms with Gasteiger partial charge in [0.1, 0.15) is 0 Å². The van der Waals surface area contributed by atoms with Crippen molar-refractivity contribution in [3.05, 3.63) is 35.4 Å². The highest BCUT2D eigenvalue weighted by molar-refractivity contribution is 7.34. The van der Waals surface area contributed by atoms with E-state index in [-0.39, 0.29) is 7.83 Å². The second kappa shape index (κ2) is 5.57. The van der Waals surface area contributed by atoms with Crippen LogP contribution < -0.4 is 0 Å². The van der Waals surface area contributed by atoms with Gasteiger partial charge >= 0.3 is 0 Å². The van der Waals surface area contributed by atoms with Gasteiger partial charge in [-0.15, -0.1) is 0 Å². The highest BCUT2D eigenvalue weighted by atomic mass is 29.5. The molecule has 3 heteroatoms. The van der Waals surface area contributed by atoms with Gasteiger partial charge in [0.25, 0.3) is 0 Å². The number of rotatable bonds is 4. The van der Waals surface area contributed by atoms with E-state index in [1.54, 1.807) is 0 Å². The number of aryl methyl sites for hydroxylation is 2. The first-order valence-electron chi connectivity index (χ1n) is 4.53. The molecule has 0 aromatic heterocycles. The Kier molecular flexibility index (Phi) is 4.69. The van der Waals surface area contributed by atoms with E-state index < -0.39 is 0 Å². The first-order chi connectivity index (χ1) is 6.18. The smallest absolute Gasteiger partial charge is 0.0219 e. The lowest BCUT2D eigenvalue weighted by atomic mass is 10.1. The lowest BCUT2D eigenvalue weighted by Crippen LogP contribution is -2.18. The summed E-state index contributed by atoms with van der Waals surface area (Å²) < 4.78 is 0. The molecule has 0 aliphatic carbocycles. The molecule has 13 heavy (non-hydrogen) atoms. The maximum atomic E-state index is 3.72. The number of hydrogen-bond donors (Lipinski definition) is 0. The van der Waals surface area contributed by atoms with E-state index in [0.29, 0.717) is 0 Å². The lowest BCUT2D eigenvalue weighted by Gasteiger charge is -2.02. The van der Waals surface area contributed by atoms with Crippen molar-refractivity contribution in [2.45, 2.75) is 25.9 Å². The van der Waals surface area contributed by atoms with Gasteiger partial charge in [-0.1, -0.05) is 42.4 Å². The molecular weight excluding hydrogens is 204 g/mol. The van der Waals surface area contributed by atoms with Crippen LogP contribution in [-0.2, 0) is 6.42 Å². The van der Waals surface area contributed by atoms with Gasteiger partial charge in [-0.2, -0.15) is 0 Å². The van der Waals surface area contributed by atoms with Crippen LogP contribution in [0.5, 0.6) is 0 Å². The van der Waals surface area contributed by atoms with Gasteiger partial charge in [-0.25, -0.2) is 0 Å². The van der Waals surface area contributed by atoms with Gasteiger partial charge in [0.05, 0.1) is 0 Å². The normalized spacial score (nSPS) is 10.8. The summed E-state index contributed by atoms with van der Waals surface area (Å²) in [5.41, 5.74) is 2.83. The van der Waals surface area contributed by atoms with Crippen molar-refractivity contribution in [1.82, 2.24) is 0 Å². The SMILES string of the molecule is Cc1ccc(CC[Si][Si](C)[Si])cc1. The highest BCUT2D eigenvalue weighted by Gasteiger charge is 1.98. The lowest BCUT2D eigenvalue weighted by molar-refractivity contribution is 1.13. The molecule has 0 heterocycles. The van der Waals surface area contributed by atoms with Crippen molar-refractivity contribution in [2.24, 2.45) is 0 Å². The van der Waals surface area contributed by atoms with Gasteiger partial charge in [0, 0.05) is 26.6 Å². The molecule has 6 radical (unpaired) electrons. The summed E-state index contributed by atoms with van der Waals surface area (Å²) in [6.07, 6.45) is 1.24. The molecule has 66 valence electrons. The molecule has 0 atom stereocenters. The predicted octanol–water partition coefficient (Wildman–Crippen LogP) is 1.95. The van der Waals surface area contributed by atoms with Crippen LogP contribution in [0.2, 0.25) is 12.6 Å². The second-order valence-corrected chi connectivity index (χ2v) is 12.5. The minimum absolute atomic E-state index is 0.179. The summed E-state index contributed by atoms with van der Waals surface area (Å²) in [7, 11) is 4.67. The Morgan fingerprint density at radius 1 is 1.31 bits per heavy atom. The van der Waals surface area contributed by atoms with Crippen LogP contribution in [0.4, 0.5) is 0 Å². The van der Waals surface area contributed by atoms with E-state index in [1.165, 1.54) is 23.6 Å². The zero-order valence-corrected chi connectivity index (χ0v) is 11.2. The molecule has 0 amide bonds. The van der Waals surface area contributed by atoms with Crippen LogP contribution >= 0.6 is 0 Å². The van der Waals surface area contributed by atoms with Gasteiger partial charge in [-0.05, 0) is 18.9 Å². The molecule has 0 N–H and O–H groups in total. The molecule has 1 aromatic carbocycles. The maximum Gasteiger partial charge on any atom is 0.0219 e. The summed E-state index contributed by atoms with van der Waals surface area (Å²) in [4.78, 5) is 0. The molecule has 0 saturated carbocycles. The third kappa shape index (κ3) is 4.59. The molecule has 0 fully saturated rings. The molecule has 0 bridgehead atoms. The first kappa shape index (κ1) is 10.9. The van der Waals surface area contributed by atoms with E-state index in [4.69, 9.17) is 0 Å². The van der Waals surface area contributed by atoms with Gasteiger partial charge in [0.2, 0.25) is 0 Å². The molecule has 0 unspecified atom stereocenters. The minimum Gasteiger partial charge on any atom is -0.0761 e. The summed E-state index contributed by atoms with van der Waals surface area (Å²) >= 11 is 0. The zero-order valence-electron chi connectivity index (χ0n) is 8.22. The number of hydrogen-bond acceptors (Lipinski definition) is 0. The van der Waals surface area contributed by atoms with Crippen molar-refractivity contribution >= 4 is 26.6 Å². The monoisotopic (exact) mass is 218 g/mol. The van der Waals surface area contributed by atoms with Crippen LogP contribution in [0.15, 0.2) is 24.3 Å². The van der Waals surface area contributed by atoms with Crippen LogP contribution in [0.3, 0.4) is 0 Å². The molecule has 0 aliphatic heterocycles. The predicted molar refractivity (Wildman–Crippen MR) is 62.8 cm³/mol. The fourth-order valence-corrected chi connectivity index (χ4v) is 4.56. The summed E-state index contributed by atoms with van der Waals surface area (Å²) in [6, 6.07) is 10.2. The van der Waals surface area contributed by atoms with Crippen molar-refractivity contribution in [3.8, 4) is 0 Å². The maximum absolute atomic E-state index is 3.72. The van der Waals surface area contributed by atoms with E-state index in [0.717, 1.165) is 9.04 Å². The topological polar surface area (TPSA) is 0 Å². The average Bonchev–Trinajstić information content (AvgIpc) is 2.08.